The van der Waals surface area contributed by atoms with Crippen LogP contribution in [0.15, 0.2) is 85.1 Å². The third-order valence-corrected chi connectivity index (χ3v) is 5.97. The van der Waals surface area contributed by atoms with Gasteiger partial charge >= 0.3 is 0 Å². The highest BCUT2D eigenvalue weighted by atomic mass is 79.9. The summed E-state index contributed by atoms with van der Waals surface area (Å²) in [5, 5.41) is 10.6. The zero-order valence-corrected chi connectivity index (χ0v) is 18.1. The van der Waals surface area contributed by atoms with Gasteiger partial charge in [0, 0.05) is 10.0 Å². The zero-order chi connectivity index (χ0) is 21.5. The van der Waals surface area contributed by atoms with Gasteiger partial charge in [0.2, 0.25) is 10.0 Å². The van der Waals surface area contributed by atoms with Crippen LogP contribution < -0.4 is 10.1 Å². The summed E-state index contributed by atoms with van der Waals surface area (Å²) in [5.74, 6) is 0.875. The maximum absolute atomic E-state index is 12.9. The molecule has 1 aliphatic rings. The standard InChI is InChI=1S/C21H16BrN3O4S/c1-13-19(12-17-8-11-20(29-17)14-2-4-15(22)5-3-14)21(26)25(24-13)16-6-9-18(10-7-16)30(23,27)28/h2-12H,1H3,(H2,23,27,28)/b19-12+. The molecule has 7 nitrogen and oxygen atoms in total. The first-order valence-corrected chi connectivity index (χ1v) is 11.2. The van der Waals surface area contributed by atoms with E-state index < -0.39 is 10.0 Å². The van der Waals surface area contributed by atoms with Crippen LogP contribution in [-0.2, 0) is 14.8 Å². The second-order valence-electron chi connectivity index (χ2n) is 6.61. The smallest absolute Gasteiger partial charge is 0.280 e. The van der Waals surface area contributed by atoms with Crippen molar-refractivity contribution in [3.8, 4) is 11.3 Å². The number of hydrogen-bond donors (Lipinski definition) is 1. The predicted molar refractivity (Wildman–Crippen MR) is 118 cm³/mol. The van der Waals surface area contributed by atoms with E-state index in [4.69, 9.17) is 9.56 Å². The van der Waals surface area contributed by atoms with E-state index >= 15 is 0 Å². The van der Waals surface area contributed by atoms with Crippen molar-refractivity contribution in [1.82, 2.24) is 0 Å². The molecule has 0 bridgehead atoms. The molecule has 152 valence electrons. The highest BCUT2D eigenvalue weighted by Gasteiger charge is 2.29. The van der Waals surface area contributed by atoms with Gasteiger partial charge < -0.3 is 4.42 Å². The molecule has 1 amide bonds. The monoisotopic (exact) mass is 485 g/mol. The van der Waals surface area contributed by atoms with E-state index in [1.807, 2.05) is 30.3 Å². The largest absolute Gasteiger partial charge is 0.457 e. The number of halogens is 1. The summed E-state index contributed by atoms with van der Waals surface area (Å²) in [6.07, 6.45) is 1.64. The van der Waals surface area contributed by atoms with Gasteiger partial charge in [-0.25, -0.2) is 13.6 Å². The van der Waals surface area contributed by atoms with Gasteiger partial charge in [0.25, 0.3) is 5.91 Å². The van der Waals surface area contributed by atoms with Gasteiger partial charge in [-0.3, -0.25) is 4.79 Å². The number of rotatable bonds is 4. The number of nitrogens with two attached hydrogens (primary N) is 1. The van der Waals surface area contributed by atoms with Crippen molar-refractivity contribution < 1.29 is 17.6 Å². The number of hydrogen-bond acceptors (Lipinski definition) is 5. The van der Waals surface area contributed by atoms with E-state index in [2.05, 4.69) is 21.0 Å². The molecule has 3 aromatic rings. The van der Waals surface area contributed by atoms with E-state index in [9.17, 15) is 13.2 Å². The Morgan fingerprint density at radius 3 is 2.33 bits per heavy atom. The first-order valence-electron chi connectivity index (χ1n) is 8.83. The predicted octanol–water partition coefficient (Wildman–Crippen LogP) is 4.16. The minimum Gasteiger partial charge on any atom is -0.457 e. The minimum atomic E-state index is -3.81. The number of hydrazone groups is 1. The number of anilines is 1. The number of furan rings is 1. The van der Waals surface area contributed by atoms with Gasteiger partial charge in [-0.05, 0) is 61.5 Å². The van der Waals surface area contributed by atoms with Gasteiger partial charge in [-0.1, -0.05) is 28.1 Å². The fourth-order valence-electron chi connectivity index (χ4n) is 2.98. The average Bonchev–Trinajstić information content (AvgIpc) is 3.28. The number of amides is 1. The van der Waals surface area contributed by atoms with Crippen molar-refractivity contribution in [2.75, 3.05) is 5.01 Å². The van der Waals surface area contributed by atoms with E-state index in [0.717, 1.165) is 10.0 Å². The molecule has 1 aromatic heterocycles. The summed E-state index contributed by atoms with van der Waals surface area (Å²) in [7, 11) is -3.81. The Morgan fingerprint density at radius 1 is 1.03 bits per heavy atom. The number of sulfonamides is 1. The molecule has 1 aliphatic heterocycles. The first kappa shape index (κ1) is 20.3. The summed E-state index contributed by atoms with van der Waals surface area (Å²) < 4.78 is 29.6. The Hall–Kier alpha value is -3.01. The highest BCUT2D eigenvalue weighted by Crippen LogP contribution is 2.28. The van der Waals surface area contributed by atoms with Crippen LogP contribution in [0, 0.1) is 0 Å². The lowest BCUT2D eigenvalue weighted by Crippen LogP contribution is -2.21. The molecule has 4 rings (SSSR count). The third-order valence-electron chi connectivity index (χ3n) is 4.51. The van der Waals surface area contributed by atoms with Crippen molar-refractivity contribution in [3.63, 3.8) is 0 Å². The van der Waals surface area contributed by atoms with E-state index in [1.54, 1.807) is 19.1 Å². The molecule has 0 aliphatic carbocycles. The molecule has 0 spiro atoms. The van der Waals surface area contributed by atoms with E-state index in [-0.39, 0.29) is 10.8 Å². The maximum Gasteiger partial charge on any atom is 0.280 e. The number of primary sulfonamides is 1. The molecule has 30 heavy (non-hydrogen) atoms. The lowest BCUT2D eigenvalue weighted by Gasteiger charge is -2.11. The van der Waals surface area contributed by atoms with Crippen molar-refractivity contribution in [2.24, 2.45) is 10.2 Å². The Bertz CT molecular complexity index is 1290. The number of benzene rings is 2. The van der Waals surface area contributed by atoms with E-state index in [1.165, 1.54) is 29.3 Å². The van der Waals surface area contributed by atoms with Gasteiger partial charge in [-0.15, -0.1) is 0 Å². The number of carbonyl (C=O) groups is 1. The van der Waals surface area contributed by atoms with Crippen molar-refractivity contribution in [3.05, 3.63) is 76.5 Å². The van der Waals surface area contributed by atoms with Crippen LogP contribution in [0.3, 0.4) is 0 Å². The van der Waals surface area contributed by atoms with Crippen LogP contribution in [-0.4, -0.2) is 20.0 Å². The summed E-state index contributed by atoms with van der Waals surface area (Å²) in [4.78, 5) is 12.8. The molecule has 0 saturated heterocycles. The highest BCUT2D eigenvalue weighted by molar-refractivity contribution is 9.10. The maximum atomic E-state index is 12.9. The molecule has 0 unspecified atom stereocenters. The Labute approximate surface area is 181 Å². The summed E-state index contributed by atoms with van der Waals surface area (Å²) in [6, 6.07) is 17.0. The fourth-order valence-corrected chi connectivity index (χ4v) is 3.76. The lowest BCUT2D eigenvalue weighted by molar-refractivity contribution is -0.114. The molecule has 2 N–H and O–H groups in total. The van der Waals surface area contributed by atoms with Crippen molar-refractivity contribution in [2.45, 2.75) is 11.8 Å². The van der Waals surface area contributed by atoms with Crippen LogP contribution in [0.25, 0.3) is 17.4 Å². The van der Waals surface area contributed by atoms with Crippen LogP contribution >= 0.6 is 15.9 Å². The second-order valence-corrected chi connectivity index (χ2v) is 9.09. The molecule has 2 heterocycles. The molecule has 0 saturated carbocycles. The van der Waals surface area contributed by atoms with Crippen LogP contribution in [0.1, 0.15) is 12.7 Å². The summed E-state index contributed by atoms with van der Waals surface area (Å²) in [6.45, 7) is 1.72. The second kappa shape index (κ2) is 7.67. The SMILES string of the molecule is CC1=NN(c2ccc(S(N)(=O)=O)cc2)C(=O)/C1=C/c1ccc(-c2ccc(Br)cc2)o1. The van der Waals surface area contributed by atoms with Gasteiger partial charge in [0.05, 0.1) is 21.9 Å². The number of nitrogens with zero attached hydrogens (tertiary/aromatic N) is 2. The normalized spacial score (nSPS) is 15.7. The average molecular weight is 486 g/mol. The quantitative estimate of drug-likeness (QED) is 0.559. The Morgan fingerprint density at radius 2 is 1.70 bits per heavy atom. The first-order chi connectivity index (χ1) is 14.2. The molecule has 9 heteroatoms. The van der Waals surface area contributed by atoms with Crippen molar-refractivity contribution >= 4 is 49.3 Å². The molecular formula is C21H16BrN3O4S. The van der Waals surface area contributed by atoms with Gasteiger partial charge in [-0.2, -0.15) is 10.1 Å². The zero-order valence-electron chi connectivity index (χ0n) is 15.7. The lowest BCUT2D eigenvalue weighted by atomic mass is 10.1. The molecule has 0 radical (unpaired) electrons. The van der Waals surface area contributed by atoms with Crippen molar-refractivity contribution in [1.29, 1.82) is 0 Å². The Kier molecular flexibility index (Phi) is 5.19. The van der Waals surface area contributed by atoms with Crippen LogP contribution in [0.4, 0.5) is 5.69 Å². The molecule has 0 atom stereocenters. The van der Waals surface area contributed by atoms with Gasteiger partial charge in [0.1, 0.15) is 11.5 Å². The van der Waals surface area contributed by atoms with Gasteiger partial charge in [0.15, 0.2) is 0 Å². The van der Waals surface area contributed by atoms with E-state index in [0.29, 0.717) is 28.5 Å². The molecule has 2 aromatic carbocycles. The Balaban J connectivity index is 1.59. The summed E-state index contributed by atoms with van der Waals surface area (Å²) >= 11 is 3.40. The third kappa shape index (κ3) is 4.00. The topological polar surface area (TPSA) is 106 Å². The number of carbonyl (C=O) groups excluding carboxylic acids is 1. The molecular weight excluding hydrogens is 470 g/mol. The minimum absolute atomic E-state index is 0.0366. The fraction of sp³-hybridized carbons (Fsp3) is 0.0476. The summed E-state index contributed by atoms with van der Waals surface area (Å²) in [5.41, 5.74) is 2.27. The van der Waals surface area contributed by atoms with Crippen LogP contribution in [0.2, 0.25) is 0 Å². The van der Waals surface area contributed by atoms with Crippen LogP contribution in [0.5, 0.6) is 0 Å². The molecule has 0 fully saturated rings.